The van der Waals surface area contributed by atoms with Gasteiger partial charge in [-0.3, -0.25) is 0 Å². The average molecular weight is 156 g/mol. The SMILES string of the molecule is CNC1CCCC(NC)CC1. The van der Waals surface area contributed by atoms with Crippen LogP contribution in [0, 0.1) is 0 Å². The Hall–Kier alpha value is -0.0800. The van der Waals surface area contributed by atoms with E-state index in [4.69, 9.17) is 0 Å². The summed E-state index contributed by atoms with van der Waals surface area (Å²) in [4.78, 5) is 0. The van der Waals surface area contributed by atoms with Gasteiger partial charge in [-0.25, -0.2) is 0 Å². The molecular weight excluding hydrogens is 136 g/mol. The van der Waals surface area contributed by atoms with E-state index in [9.17, 15) is 0 Å². The number of hydrogen-bond donors (Lipinski definition) is 2. The second kappa shape index (κ2) is 4.73. The van der Waals surface area contributed by atoms with Gasteiger partial charge in [0.05, 0.1) is 0 Å². The largest absolute Gasteiger partial charge is 0.317 e. The molecule has 0 aliphatic heterocycles. The summed E-state index contributed by atoms with van der Waals surface area (Å²) >= 11 is 0. The van der Waals surface area contributed by atoms with Crippen LogP contribution >= 0.6 is 0 Å². The van der Waals surface area contributed by atoms with Crippen molar-refractivity contribution < 1.29 is 0 Å². The molecule has 0 aromatic heterocycles. The lowest BCUT2D eigenvalue weighted by Gasteiger charge is -2.13. The van der Waals surface area contributed by atoms with Crippen molar-refractivity contribution in [3.05, 3.63) is 0 Å². The fourth-order valence-electron chi connectivity index (χ4n) is 1.88. The number of hydrogen-bond acceptors (Lipinski definition) is 2. The highest BCUT2D eigenvalue weighted by Crippen LogP contribution is 2.17. The maximum atomic E-state index is 3.36. The monoisotopic (exact) mass is 156 g/mol. The summed E-state index contributed by atoms with van der Waals surface area (Å²) in [7, 11) is 4.15. The first-order chi connectivity index (χ1) is 5.36. The molecule has 1 aliphatic rings. The van der Waals surface area contributed by atoms with Gasteiger partial charge in [0, 0.05) is 12.1 Å². The quantitative estimate of drug-likeness (QED) is 0.586. The third kappa shape index (κ3) is 2.80. The van der Waals surface area contributed by atoms with E-state index in [2.05, 4.69) is 24.7 Å². The van der Waals surface area contributed by atoms with Gasteiger partial charge in [0.25, 0.3) is 0 Å². The minimum Gasteiger partial charge on any atom is -0.317 e. The van der Waals surface area contributed by atoms with Gasteiger partial charge < -0.3 is 10.6 Å². The molecular formula is C9H20N2. The molecule has 0 amide bonds. The van der Waals surface area contributed by atoms with Gasteiger partial charge in [0.15, 0.2) is 0 Å². The predicted molar refractivity (Wildman–Crippen MR) is 48.8 cm³/mol. The van der Waals surface area contributed by atoms with E-state index in [1.165, 1.54) is 32.1 Å². The fourth-order valence-corrected chi connectivity index (χ4v) is 1.88. The van der Waals surface area contributed by atoms with Crippen molar-refractivity contribution in [3.63, 3.8) is 0 Å². The predicted octanol–water partition coefficient (Wildman–Crippen LogP) is 1.13. The summed E-state index contributed by atoms with van der Waals surface area (Å²) in [6.07, 6.45) is 6.75. The van der Waals surface area contributed by atoms with Gasteiger partial charge in [-0.15, -0.1) is 0 Å². The molecule has 0 aromatic carbocycles. The minimum atomic E-state index is 0.772. The Bertz CT molecular complexity index is 91.7. The van der Waals surface area contributed by atoms with Crippen molar-refractivity contribution in [2.24, 2.45) is 0 Å². The number of rotatable bonds is 2. The van der Waals surface area contributed by atoms with E-state index in [-0.39, 0.29) is 0 Å². The molecule has 0 saturated heterocycles. The zero-order chi connectivity index (χ0) is 8.10. The molecule has 0 heterocycles. The van der Waals surface area contributed by atoms with E-state index >= 15 is 0 Å². The summed E-state index contributed by atoms with van der Waals surface area (Å²) < 4.78 is 0. The van der Waals surface area contributed by atoms with Crippen molar-refractivity contribution in [1.82, 2.24) is 10.6 Å². The van der Waals surface area contributed by atoms with Gasteiger partial charge in [-0.1, -0.05) is 6.42 Å². The van der Waals surface area contributed by atoms with Gasteiger partial charge in [-0.2, -0.15) is 0 Å². The van der Waals surface area contributed by atoms with Crippen LogP contribution in [0.3, 0.4) is 0 Å². The Morgan fingerprint density at radius 3 is 1.64 bits per heavy atom. The first-order valence-corrected chi connectivity index (χ1v) is 4.71. The van der Waals surface area contributed by atoms with Gasteiger partial charge in [0.2, 0.25) is 0 Å². The van der Waals surface area contributed by atoms with E-state index in [1.54, 1.807) is 0 Å². The molecule has 2 heteroatoms. The van der Waals surface area contributed by atoms with Gasteiger partial charge in [-0.05, 0) is 39.8 Å². The first-order valence-electron chi connectivity index (χ1n) is 4.71. The summed E-state index contributed by atoms with van der Waals surface area (Å²) in [6, 6.07) is 1.54. The van der Waals surface area contributed by atoms with Crippen molar-refractivity contribution >= 4 is 0 Å². The molecule has 2 N–H and O–H groups in total. The topological polar surface area (TPSA) is 24.1 Å². The lowest BCUT2D eigenvalue weighted by molar-refractivity contribution is 0.475. The molecule has 0 spiro atoms. The standard InChI is InChI=1S/C9H20N2/c1-10-8-4-3-5-9(11-2)7-6-8/h8-11H,3-7H2,1-2H3. The summed E-state index contributed by atoms with van der Waals surface area (Å²) in [5.74, 6) is 0. The fraction of sp³-hybridized carbons (Fsp3) is 1.00. The molecule has 0 bridgehead atoms. The van der Waals surface area contributed by atoms with E-state index in [0.717, 1.165) is 12.1 Å². The van der Waals surface area contributed by atoms with Crippen LogP contribution in [0.25, 0.3) is 0 Å². The zero-order valence-corrected chi connectivity index (χ0v) is 7.69. The summed E-state index contributed by atoms with van der Waals surface area (Å²) in [6.45, 7) is 0. The normalized spacial score (nSPS) is 33.3. The molecule has 2 nitrogen and oxygen atoms in total. The third-order valence-corrected chi connectivity index (χ3v) is 2.79. The second-order valence-corrected chi connectivity index (χ2v) is 3.48. The smallest absolute Gasteiger partial charge is 0.00646 e. The maximum Gasteiger partial charge on any atom is 0.00646 e. The molecule has 0 aromatic rings. The molecule has 1 rings (SSSR count). The molecule has 66 valence electrons. The van der Waals surface area contributed by atoms with Crippen molar-refractivity contribution in [2.75, 3.05) is 14.1 Å². The van der Waals surface area contributed by atoms with E-state index in [0.29, 0.717) is 0 Å². The average Bonchev–Trinajstić information content (AvgIpc) is 2.28. The van der Waals surface area contributed by atoms with Crippen LogP contribution in [0.15, 0.2) is 0 Å². The Morgan fingerprint density at radius 2 is 1.27 bits per heavy atom. The maximum absolute atomic E-state index is 3.36. The highest BCUT2D eigenvalue weighted by atomic mass is 14.9. The Balaban J connectivity index is 2.27. The number of nitrogens with one attached hydrogen (secondary N) is 2. The molecule has 1 fully saturated rings. The molecule has 11 heavy (non-hydrogen) atoms. The molecule has 1 aliphatic carbocycles. The van der Waals surface area contributed by atoms with Crippen LogP contribution in [0.2, 0.25) is 0 Å². The van der Waals surface area contributed by atoms with Gasteiger partial charge in [0.1, 0.15) is 0 Å². The lowest BCUT2D eigenvalue weighted by Crippen LogP contribution is -2.26. The highest BCUT2D eigenvalue weighted by molar-refractivity contribution is 4.76. The van der Waals surface area contributed by atoms with Crippen molar-refractivity contribution in [3.8, 4) is 0 Å². The van der Waals surface area contributed by atoms with Crippen LogP contribution in [-0.4, -0.2) is 26.2 Å². The minimum absolute atomic E-state index is 0.772. The Labute approximate surface area is 69.8 Å². The summed E-state index contributed by atoms with van der Waals surface area (Å²) in [5.41, 5.74) is 0. The van der Waals surface area contributed by atoms with Crippen LogP contribution in [0.1, 0.15) is 32.1 Å². The Morgan fingerprint density at radius 1 is 0.818 bits per heavy atom. The van der Waals surface area contributed by atoms with E-state index in [1.807, 2.05) is 0 Å². The molecule has 0 radical (unpaired) electrons. The van der Waals surface area contributed by atoms with Crippen LogP contribution in [0.5, 0.6) is 0 Å². The Kier molecular flexibility index (Phi) is 3.87. The third-order valence-electron chi connectivity index (χ3n) is 2.79. The zero-order valence-electron chi connectivity index (χ0n) is 7.69. The van der Waals surface area contributed by atoms with Crippen molar-refractivity contribution in [2.45, 2.75) is 44.2 Å². The van der Waals surface area contributed by atoms with Crippen LogP contribution < -0.4 is 10.6 Å². The van der Waals surface area contributed by atoms with Crippen molar-refractivity contribution in [1.29, 1.82) is 0 Å². The first kappa shape index (κ1) is 9.01. The second-order valence-electron chi connectivity index (χ2n) is 3.48. The summed E-state index contributed by atoms with van der Waals surface area (Å²) in [5, 5.41) is 6.72. The van der Waals surface area contributed by atoms with E-state index < -0.39 is 0 Å². The molecule has 1 saturated carbocycles. The van der Waals surface area contributed by atoms with Gasteiger partial charge >= 0.3 is 0 Å². The lowest BCUT2D eigenvalue weighted by atomic mass is 10.1. The molecule has 2 atom stereocenters. The highest BCUT2D eigenvalue weighted by Gasteiger charge is 2.15. The molecule has 2 unspecified atom stereocenters. The van der Waals surface area contributed by atoms with Crippen LogP contribution in [0.4, 0.5) is 0 Å². The van der Waals surface area contributed by atoms with Crippen LogP contribution in [-0.2, 0) is 0 Å².